The van der Waals surface area contributed by atoms with E-state index in [4.69, 9.17) is 0 Å². The largest absolute Gasteiger partial charge is 0.412 e. The van der Waals surface area contributed by atoms with Crippen LogP contribution in [0.25, 0.3) is 0 Å². The minimum atomic E-state index is -1.77. The molecule has 0 aromatic heterocycles. The fourth-order valence-electron chi connectivity index (χ4n) is 3.00. The van der Waals surface area contributed by atoms with Gasteiger partial charge in [-0.3, -0.25) is 0 Å². The number of benzene rings is 3. The summed E-state index contributed by atoms with van der Waals surface area (Å²) in [5, 5.41) is 0. The Hall–Kier alpha value is -1.84. The number of hydrogen-bond acceptors (Lipinski definition) is 0. The van der Waals surface area contributed by atoms with E-state index in [1.165, 1.54) is 16.7 Å². The molecule has 0 spiro atoms. The van der Waals surface area contributed by atoms with Crippen molar-refractivity contribution >= 4 is 27.5 Å². The Morgan fingerprint density at radius 2 is 0.739 bits per heavy atom. The SMILES string of the molecule is Cc1cccc[c]1[Ge]([c]1ccccc1C)[c]1ccccc1C.O. The molecule has 0 fully saturated rings. The van der Waals surface area contributed by atoms with Crippen LogP contribution in [0.15, 0.2) is 72.8 Å². The maximum atomic E-state index is 2.34. The second kappa shape index (κ2) is 7.62. The van der Waals surface area contributed by atoms with Gasteiger partial charge >= 0.3 is 138 Å². The van der Waals surface area contributed by atoms with Crippen molar-refractivity contribution in [2.45, 2.75) is 20.8 Å². The van der Waals surface area contributed by atoms with Gasteiger partial charge in [-0.1, -0.05) is 0 Å². The number of rotatable bonds is 3. The van der Waals surface area contributed by atoms with Crippen LogP contribution in [0.4, 0.5) is 0 Å². The number of hydrogen-bond donors (Lipinski definition) is 0. The van der Waals surface area contributed by atoms with Gasteiger partial charge in [0.15, 0.2) is 0 Å². The zero-order valence-corrected chi connectivity index (χ0v) is 16.0. The summed E-state index contributed by atoms with van der Waals surface area (Å²) < 4.78 is 4.68. The van der Waals surface area contributed by atoms with E-state index in [1.54, 1.807) is 13.2 Å². The molecule has 3 aromatic carbocycles. The predicted octanol–water partition coefficient (Wildman–Crippen LogP) is 2.30. The summed E-state index contributed by atoms with van der Waals surface area (Å²) in [6.07, 6.45) is 0. The van der Waals surface area contributed by atoms with Crippen molar-refractivity contribution in [1.82, 2.24) is 0 Å². The van der Waals surface area contributed by atoms with Crippen LogP contribution in [-0.2, 0) is 0 Å². The summed E-state index contributed by atoms with van der Waals surface area (Å²) in [5.41, 5.74) is 4.26. The van der Waals surface area contributed by atoms with E-state index in [0.29, 0.717) is 0 Å². The molecule has 2 N–H and O–H groups in total. The van der Waals surface area contributed by atoms with Gasteiger partial charge in [-0.15, -0.1) is 0 Å². The molecule has 0 saturated heterocycles. The van der Waals surface area contributed by atoms with Crippen molar-refractivity contribution < 1.29 is 5.48 Å². The summed E-state index contributed by atoms with van der Waals surface area (Å²) in [6.45, 7) is 6.75. The van der Waals surface area contributed by atoms with Crippen molar-refractivity contribution in [3.63, 3.8) is 0 Å². The van der Waals surface area contributed by atoms with Crippen molar-refractivity contribution in [1.29, 1.82) is 0 Å². The molecule has 0 aliphatic heterocycles. The zero-order valence-electron chi connectivity index (χ0n) is 13.9. The molecule has 0 unspecified atom stereocenters. The molecule has 23 heavy (non-hydrogen) atoms. The molecule has 0 amide bonds. The first-order valence-electron chi connectivity index (χ1n) is 7.73. The van der Waals surface area contributed by atoms with Gasteiger partial charge in [-0.2, -0.15) is 0 Å². The molecule has 0 saturated carbocycles. The van der Waals surface area contributed by atoms with Gasteiger partial charge in [0.25, 0.3) is 0 Å². The molecule has 0 atom stereocenters. The third-order valence-electron chi connectivity index (χ3n) is 4.24. The first-order valence-corrected chi connectivity index (χ1v) is 10.9. The monoisotopic (exact) mass is 365 g/mol. The second-order valence-electron chi connectivity index (χ2n) is 5.82. The third kappa shape index (κ3) is 3.57. The van der Waals surface area contributed by atoms with Crippen LogP contribution in [0.1, 0.15) is 16.7 Å². The van der Waals surface area contributed by atoms with Gasteiger partial charge in [0.1, 0.15) is 0 Å². The molecule has 2 heteroatoms. The molecule has 0 aliphatic rings. The van der Waals surface area contributed by atoms with E-state index >= 15 is 0 Å². The summed E-state index contributed by atoms with van der Waals surface area (Å²) in [6, 6.07) is 26.7. The molecule has 1 nitrogen and oxygen atoms in total. The molecule has 3 rings (SSSR count). The molecule has 1 radical (unpaired) electrons. The van der Waals surface area contributed by atoms with Crippen LogP contribution in [0.2, 0.25) is 0 Å². The van der Waals surface area contributed by atoms with Crippen LogP contribution in [0.5, 0.6) is 0 Å². The molecule has 0 bridgehead atoms. The maximum Gasteiger partial charge on any atom is -0.412 e. The standard InChI is InChI=1S/C21H21Ge.H2O/c1-16-10-4-7-13-19(16)22(20-14-8-5-11-17(20)2)21-15-9-6-12-18(21)3;/h4-15H,1-3H3;1H2. The average molecular weight is 364 g/mol. The van der Waals surface area contributed by atoms with Gasteiger partial charge in [0, 0.05) is 0 Å². The van der Waals surface area contributed by atoms with Crippen LogP contribution in [-0.4, -0.2) is 19.8 Å². The van der Waals surface area contributed by atoms with Crippen LogP contribution >= 0.6 is 0 Å². The fourth-order valence-corrected chi connectivity index (χ4v) is 9.48. The topological polar surface area (TPSA) is 31.5 Å². The Balaban J connectivity index is 0.00000192. The van der Waals surface area contributed by atoms with E-state index in [0.717, 1.165) is 0 Å². The predicted molar refractivity (Wildman–Crippen MR) is 102 cm³/mol. The van der Waals surface area contributed by atoms with E-state index < -0.39 is 14.3 Å². The molecule has 3 aromatic rings. The van der Waals surface area contributed by atoms with Gasteiger partial charge in [-0.25, -0.2) is 0 Å². The molecule has 0 heterocycles. The van der Waals surface area contributed by atoms with Crippen molar-refractivity contribution in [2.75, 3.05) is 0 Å². The van der Waals surface area contributed by atoms with E-state index in [2.05, 4.69) is 93.6 Å². The van der Waals surface area contributed by atoms with Gasteiger partial charge in [0.05, 0.1) is 0 Å². The van der Waals surface area contributed by atoms with Crippen molar-refractivity contribution in [3.8, 4) is 0 Å². The van der Waals surface area contributed by atoms with Gasteiger partial charge < -0.3 is 5.48 Å². The Kier molecular flexibility index (Phi) is 5.81. The Morgan fingerprint density at radius 3 is 1.00 bits per heavy atom. The Labute approximate surface area is 143 Å². The molecular weight excluding hydrogens is 341 g/mol. The zero-order chi connectivity index (χ0) is 15.5. The Bertz CT molecular complexity index is 687. The minimum absolute atomic E-state index is 0. The van der Waals surface area contributed by atoms with Crippen molar-refractivity contribution in [2.24, 2.45) is 0 Å². The third-order valence-corrected chi connectivity index (χ3v) is 11.2. The van der Waals surface area contributed by atoms with Crippen LogP contribution < -0.4 is 13.2 Å². The quantitative estimate of drug-likeness (QED) is 0.639. The fraction of sp³-hybridized carbons (Fsp3) is 0.143. The first-order chi connectivity index (χ1) is 10.7. The molecule has 117 valence electrons. The van der Waals surface area contributed by atoms with E-state index in [9.17, 15) is 0 Å². The maximum absolute atomic E-state index is 2.34. The summed E-state index contributed by atoms with van der Waals surface area (Å²) >= 11 is -1.77. The average Bonchev–Trinajstić information content (AvgIpc) is 2.53. The first kappa shape index (κ1) is 17.5. The van der Waals surface area contributed by atoms with E-state index in [1.807, 2.05) is 0 Å². The van der Waals surface area contributed by atoms with Gasteiger partial charge in [-0.05, 0) is 0 Å². The summed E-state index contributed by atoms with van der Waals surface area (Å²) in [5.74, 6) is 0. The molecular formula is C21H23GeO. The summed E-state index contributed by atoms with van der Waals surface area (Å²) in [7, 11) is 0. The van der Waals surface area contributed by atoms with E-state index in [-0.39, 0.29) is 5.48 Å². The van der Waals surface area contributed by atoms with Crippen molar-refractivity contribution in [3.05, 3.63) is 89.5 Å². The van der Waals surface area contributed by atoms with Crippen LogP contribution in [0.3, 0.4) is 0 Å². The minimum Gasteiger partial charge on any atom is -0.412 e. The smallest absolute Gasteiger partial charge is 0.412 e. The molecule has 0 aliphatic carbocycles. The van der Waals surface area contributed by atoms with Crippen LogP contribution in [0, 0.1) is 20.8 Å². The normalized spacial score (nSPS) is 10.4. The number of aryl methyl sites for hydroxylation is 3. The Morgan fingerprint density at radius 1 is 0.478 bits per heavy atom. The van der Waals surface area contributed by atoms with Gasteiger partial charge in [0.2, 0.25) is 0 Å². The second-order valence-corrected chi connectivity index (χ2v) is 10.8. The summed E-state index contributed by atoms with van der Waals surface area (Å²) in [4.78, 5) is 0.